The van der Waals surface area contributed by atoms with Crippen molar-refractivity contribution in [2.75, 3.05) is 13.2 Å². The normalized spacial score (nSPS) is 13.0. The standard InChI is InChI=1S/C24H34NO5PSi/c1-6-24(7-2,30-31(27)28)22(26)25-18-19-29-32(23(3,4)5,20-14-10-8-11-15-20)21-16-12-9-13-17-21/h8-17H,6-7,18-19H2,1-5H3,(H-,25,26,27,28)/p+1. The van der Waals surface area contributed by atoms with Gasteiger partial charge in [-0.1, -0.05) is 95.3 Å². The highest BCUT2D eigenvalue weighted by molar-refractivity contribution is 7.32. The minimum Gasteiger partial charge on any atom is -0.406 e. The molecule has 0 saturated carbocycles. The van der Waals surface area contributed by atoms with Crippen molar-refractivity contribution in [1.29, 1.82) is 0 Å². The number of nitrogens with one attached hydrogen (secondary N) is 1. The lowest BCUT2D eigenvalue weighted by atomic mass is 9.96. The predicted molar refractivity (Wildman–Crippen MR) is 131 cm³/mol. The molecule has 0 aliphatic carbocycles. The molecule has 6 nitrogen and oxygen atoms in total. The van der Waals surface area contributed by atoms with Gasteiger partial charge < -0.3 is 9.74 Å². The molecule has 2 aromatic rings. The third-order valence-electron chi connectivity index (χ3n) is 5.93. The second-order valence-electron chi connectivity index (χ2n) is 8.80. The molecule has 1 amide bonds. The Morgan fingerprint density at radius 2 is 1.44 bits per heavy atom. The summed E-state index contributed by atoms with van der Waals surface area (Å²) in [6, 6.07) is 20.6. The van der Waals surface area contributed by atoms with Gasteiger partial charge in [0.1, 0.15) is 0 Å². The van der Waals surface area contributed by atoms with Crippen LogP contribution in [-0.2, 0) is 18.3 Å². The quantitative estimate of drug-likeness (QED) is 0.292. The van der Waals surface area contributed by atoms with Gasteiger partial charge in [0, 0.05) is 11.1 Å². The van der Waals surface area contributed by atoms with Gasteiger partial charge in [0.25, 0.3) is 14.2 Å². The van der Waals surface area contributed by atoms with Crippen molar-refractivity contribution in [2.45, 2.75) is 58.1 Å². The number of hydrogen-bond donors (Lipinski definition) is 2. The predicted octanol–water partition coefficient (Wildman–Crippen LogP) is 3.90. The second-order valence-corrected chi connectivity index (χ2v) is 13.8. The summed E-state index contributed by atoms with van der Waals surface area (Å²) in [7, 11) is -5.56. The maximum Gasteiger partial charge on any atom is 0.695 e. The molecule has 2 aromatic carbocycles. The Morgan fingerprint density at radius 1 is 0.969 bits per heavy atom. The monoisotopic (exact) mass is 476 g/mol. The van der Waals surface area contributed by atoms with Crippen LogP contribution in [-0.4, -0.2) is 37.9 Å². The molecule has 174 valence electrons. The van der Waals surface area contributed by atoms with Gasteiger partial charge in [-0.05, 0) is 28.3 Å². The van der Waals surface area contributed by atoms with Crippen molar-refractivity contribution in [3.05, 3.63) is 60.7 Å². The largest absolute Gasteiger partial charge is 0.695 e. The number of carbonyl (C=O) groups excluding carboxylic acids is 1. The number of benzene rings is 2. The molecule has 32 heavy (non-hydrogen) atoms. The summed E-state index contributed by atoms with van der Waals surface area (Å²) in [5.41, 5.74) is -1.32. The number of hydrogen-bond acceptors (Lipinski definition) is 4. The number of amides is 1. The minimum atomic E-state index is -2.88. The van der Waals surface area contributed by atoms with E-state index in [0.717, 1.165) is 0 Å². The van der Waals surface area contributed by atoms with Crippen LogP contribution in [0.1, 0.15) is 47.5 Å². The van der Waals surface area contributed by atoms with Gasteiger partial charge in [-0.3, -0.25) is 4.79 Å². The van der Waals surface area contributed by atoms with Crippen LogP contribution in [0.2, 0.25) is 5.04 Å². The molecule has 2 N–H and O–H groups in total. The summed E-state index contributed by atoms with van der Waals surface area (Å²) >= 11 is 0. The van der Waals surface area contributed by atoms with Crippen molar-refractivity contribution < 1.29 is 23.2 Å². The van der Waals surface area contributed by atoms with E-state index in [1.165, 1.54) is 10.4 Å². The van der Waals surface area contributed by atoms with Gasteiger partial charge in [-0.2, -0.15) is 0 Å². The van der Waals surface area contributed by atoms with Crippen LogP contribution in [0, 0.1) is 0 Å². The van der Waals surface area contributed by atoms with E-state index in [9.17, 15) is 14.3 Å². The Bertz CT molecular complexity index is 843. The topological polar surface area (TPSA) is 84.9 Å². The maximum absolute atomic E-state index is 12.8. The van der Waals surface area contributed by atoms with Crippen LogP contribution in [0.5, 0.6) is 0 Å². The Hall–Kier alpha value is -1.89. The molecule has 0 fully saturated rings. The summed E-state index contributed by atoms with van der Waals surface area (Å²) in [4.78, 5) is 22.0. The van der Waals surface area contributed by atoms with Gasteiger partial charge in [0.05, 0.1) is 6.61 Å². The molecular weight excluding hydrogens is 441 g/mol. The Morgan fingerprint density at radius 3 is 1.81 bits per heavy atom. The van der Waals surface area contributed by atoms with E-state index < -0.39 is 28.1 Å². The van der Waals surface area contributed by atoms with Crippen LogP contribution >= 0.6 is 8.25 Å². The molecule has 8 heteroatoms. The van der Waals surface area contributed by atoms with Gasteiger partial charge in [-0.25, -0.2) is 0 Å². The average Bonchev–Trinajstić information content (AvgIpc) is 2.77. The lowest BCUT2D eigenvalue weighted by Gasteiger charge is -2.43. The zero-order chi connectivity index (χ0) is 23.8. The Kier molecular flexibility index (Phi) is 9.31. The van der Waals surface area contributed by atoms with Crippen LogP contribution in [0.25, 0.3) is 0 Å². The molecule has 0 radical (unpaired) electrons. The van der Waals surface area contributed by atoms with Crippen molar-refractivity contribution in [2.24, 2.45) is 0 Å². The molecular formula is C24H35NO5PSi+. The molecule has 0 heterocycles. The SMILES string of the molecule is CCC(CC)(O[P+](=O)O)C(=O)NCCO[Si](c1ccccc1)(c1ccccc1)C(C)(C)C. The van der Waals surface area contributed by atoms with Crippen molar-refractivity contribution in [1.82, 2.24) is 5.32 Å². The average molecular weight is 477 g/mol. The molecule has 0 aliphatic rings. The first kappa shape index (κ1) is 26.4. The molecule has 0 aromatic heterocycles. The summed E-state index contributed by atoms with van der Waals surface area (Å²) < 4.78 is 23.1. The second kappa shape index (κ2) is 11.3. The highest BCUT2D eigenvalue weighted by atomic mass is 31.1. The maximum atomic E-state index is 12.8. The van der Waals surface area contributed by atoms with E-state index in [-0.39, 0.29) is 11.6 Å². The van der Waals surface area contributed by atoms with Crippen molar-refractivity contribution in [3.63, 3.8) is 0 Å². The highest BCUT2D eigenvalue weighted by Crippen LogP contribution is 2.36. The smallest absolute Gasteiger partial charge is 0.406 e. The summed E-state index contributed by atoms with van der Waals surface area (Å²) in [5, 5.41) is 5.03. The number of carbonyl (C=O) groups is 1. The van der Waals surface area contributed by atoms with E-state index in [1.54, 1.807) is 13.8 Å². The molecule has 0 aliphatic heterocycles. The highest BCUT2D eigenvalue weighted by Gasteiger charge is 2.50. The van der Waals surface area contributed by atoms with E-state index in [1.807, 2.05) is 36.4 Å². The summed E-state index contributed by atoms with van der Waals surface area (Å²) in [5.74, 6) is -0.397. The first-order valence-corrected chi connectivity index (χ1v) is 14.1. The molecule has 1 atom stereocenters. The van der Waals surface area contributed by atoms with Crippen molar-refractivity contribution >= 4 is 32.9 Å². The van der Waals surface area contributed by atoms with Crippen molar-refractivity contribution in [3.8, 4) is 0 Å². The Labute approximate surface area is 193 Å². The first-order valence-electron chi connectivity index (χ1n) is 11.0. The van der Waals surface area contributed by atoms with Crippen LogP contribution in [0.4, 0.5) is 0 Å². The zero-order valence-electron chi connectivity index (χ0n) is 19.6. The van der Waals surface area contributed by atoms with Gasteiger partial charge >= 0.3 is 8.25 Å². The molecule has 1 unspecified atom stereocenters. The lowest BCUT2D eigenvalue weighted by Crippen LogP contribution is -2.67. The summed E-state index contributed by atoms with van der Waals surface area (Å²) in [6.45, 7) is 10.7. The van der Waals surface area contributed by atoms with Gasteiger partial charge in [0.2, 0.25) is 5.60 Å². The van der Waals surface area contributed by atoms with Crippen LogP contribution in [0.3, 0.4) is 0 Å². The van der Waals surface area contributed by atoms with E-state index >= 15 is 0 Å². The van der Waals surface area contributed by atoms with E-state index in [4.69, 9.17) is 8.95 Å². The minimum absolute atomic E-state index is 0.158. The fraction of sp³-hybridized carbons (Fsp3) is 0.458. The van der Waals surface area contributed by atoms with E-state index in [2.05, 4.69) is 50.4 Å². The Balaban J connectivity index is 2.27. The lowest BCUT2D eigenvalue weighted by molar-refractivity contribution is -0.137. The first-order chi connectivity index (χ1) is 15.1. The van der Waals surface area contributed by atoms with Gasteiger partial charge in [-0.15, -0.1) is 9.42 Å². The van der Waals surface area contributed by atoms with Crippen LogP contribution < -0.4 is 15.7 Å². The fourth-order valence-electron chi connectivity index (χ4n) is 4.18. The van der Waals surface area contributed by atoms with Crippen LogP contribution in [0.15, 0.2) is 60.7 Å². The van der Waals surface area contributed by atoms with Gasteiger partial charge in [0.15, 0.2) is 0 Å². The third kappa shape index (κ3) is 5.72. The molecule has 0 bridgehead atoms. The molecule has 0 saturated heterocycles. The van der Waals surface area contributed by atoms with E-state index in [0.29, 0.717) is 19.4 Å². The fourth-order valence-corrected chi connectivity index (χ4v) is 9.39. The summed E-state index contributed by atoms with van der Waals surface area (Å²) in [6.07, 6.45) is 0.596. The number of rotatable bonds is 11. The third-order valence-corrected chi connectivity index (χ3v) is 11.5. The molecule has 2 rings (SSSR count). The molecule has 0 spiro atoms. The zero-order valence-corrected chi connectivity index (χ0v) is 21.5.